The molecule has 2 aromatic rings. The standard InChI is InChI=1S/C21H18N2O3.2C2H6/c1-3-5-13-8-15(21(24)17(13)4-2)9-16-11-18(23-22-16)14-6-7-19-20(10-14)26-12-25-19;2*1-2/h3-7,9-11H,2,8,12H2,1H3,(H,22,23);2*1-2H3/b5-3-,15-9+;;. The molecule has 0 unspecified atom stereocenters. The smallest absolute Gasteiger partial charge is 0.231 e. The highest BCUT2D eigenvalue weighted by Crippen LogP contribution is 2.36. The van der Waals surface area contributed by atoms with Gasteiger partial charge < -0.3 is 9.47 Å². The minimum Gasteiger partial charge on any atom is -0.454 e. The molecule has 1 aromatic carbocycles. The van der Waals surface area contributed by atoms with E-state index in [0.29, 0.717) is 17.7 Å². The minimum atomic E-state index is 0.0207. The summed E-state index contributed by atoms with van der Waals surface area (Å²) < 4.78 is 10.7. The number of benzene rings is 1. The second kappa shape index (κ2) is 11.0. The number of aromatic nitrogens is 2. The molecule has 0 saturated heterocycles. The predicted octanol–water partition coefficient (Wildman–Crippen LogP) is 6.27. The lowest BCUT2D eigenvalue weighted by Crippen LogP contribution is -1.96. The molecule has 0 saturated carbocycles. The van der Waals surface area contributed by atoms with Gasteiger partial charge in [-0.25, -0.2) is 0 Å². The zero-order valence-corrected chi connectivity index (χ0v) is 18.4. The number of allylic oxidation sites excluding steroid dienone is 6. The molecule has 1 aliphatic carbocycles. The van der Waals surface area contributed by atoms with Crippen molar-refractivity contribution in [3.8, 4) is 22.8 Å². The van der Waals surface area contributed by atoms with Gasteiger partial charge in [0.2, 0.25) is 6.79 Å². The summed E-state index contributed by atoms with van der Waals surface area (Å²) in [5.74, 6) is 1.47. The van der Waals surface area contributed by atoms with Crippen molar-refractivity contribution < 1.29 is 14.3 Å². The van der Waals surface area contributed by atoms with Crippen molar-refractivity contribution in [1.82, 2.24) is 10.2 Å². The first-order chi connectivity index (χ1) is 14.7. The number of carbonyl (C=O) groups is 1. The van der Waals surface area contributed by atoms with Crippen LogP contribution in [0.15, 0.2) is 65.8 Å². The number of ether oxygens (including phenoxy) is 2. The van der Waals surface area contributed by atoms with Crippen LogP contribution in [0, 0.1) is 0 Å². The third-order valence-corrected chi connectivity index (χ3v) is 4.43. The van der Waals surface area contributed by atoms with Crippen LogP contribution in [0.5, 0.6) is 11.5 Å². The Morgan fingerprint density at radius 1 is 1.10 bits per heavy atom. The first-order valence-electron chi connectivity index (χ1n) is 10.4. The Hall–Kier alpha value is -3.34. The number of nitrogens with one attached hydrogen (secondary N) is 1. The Labute approximate surface area is 178 Å². The number of hydrogen-bond donors (Lipinski definition) is 1. The van der Waals surface area contributed by atoms with E-state index in [4.69, 9.17) is 9.47 Å². The van der Waals surface area contributed by atoms with Gasteiger partial charge in [0, 0.05) is 23.1 Å². The monoisotopic (exact) mass is 406 g/mol. The average Bonchev–Trinajstić information content (AvgIpc) is 3.51. The van der Waals surface area contributed by atoms with Crippen LogP contribution in [0.4, 0.5) is 0 Å². The zero-order chi connectivity index (χ0) is 22.1. The van der Waals surface area contributed by atoms with Crippen molar-refractivity contribution in [2.24, 2.45) is 0 Å². The molecule has 0 spiro atoms. The molecule has 0 atom stereocenters. The van der Waals surface area contributed by atoms with Gasteiger partial charge in [0.15, 0.2) is 17.3 Å². The number of H-pyrrole nitrogens is 1. The molecular weight excluding hydrogens is 376 g/mol. The number of nitrogens with zero attached hydrogens (tertiary/aromatic N) is 1. The summed E-state index contributed by atoms with van der Waals surface area (Å²) >= 11 is 0. The fraction of sp³-hybridized carbons (Fsp3) is 0.280. The van der Waals surface area contributed by atoms with Crippen LogP contribution in [0.3, 0.4) is 0 Å². The lowest BCUT2D eigenvalue weighted by Gasteiger charge is -1.98. The molecule has 5 nitrogen and oxygen atoms in total. The van der Waals surface area contributed by atoms with Gasteiger partial charge in [-0.15, -0.1) is 0 Å². The summed E-state index contributed by atoms with van der Waals surface area (Å²) in [5.41, 5.74) is 4.89. The van der Waals surface area contributed by atoms with Crippen molar-refractivity contribution in [2.45, 2.75) is 41.0 Å². The summed E-state index contributed by atoms with van der Waals surface area (Å²) in [6, 6.07) is 7.62. The number of rotatable bonds is 4. The van der Waals surface area contributed by atoms with Gasteiger partial charge in [0.1, 0.15) is 0 Å². The Balaban J connectivity index is 0.000000757. The van der Waals surface area contributed by atoms with Gasteiger partial charge in [0.05, 0.1) is 11.4 Å². The second-order valence-corrected chi connectivity index (χ2v) is 6.10. The van der Waals surface area contributed by atoms with Gasteiger partial charge >= 0.3 is 0 Å². The predicted molar refractivity (Wildman–Crippen MR) is 122 cm³/mol. The maximum atomic E-state index is 12.5. The Kier molecular flexibility index (Phi) is 8.41. The largest absolute Gasteiger partial charge is 0.454 e. The van der Waals surface area contributed by atoms with E-state index in [-0.39, 0.29) is 12.6 Å². The summed E-state index contributed by atoms with van der Waals surface area (Å²) in [5, 5.41) is 7.33. The van der Waals surface area contributed by atoms with Crippen LogP contribution < -0.4 is 9.47 Å². The van der Waals surface area contributed by atoms with Crippen molar-refractivity contribution in [3.05, 3.63) is 71.5 Å². The molecule has 0 radical (unpaired) electrons. The fourth-order valence-electron chi connectivity index (χ4n) is 3.19. The molecule has 1 N–H and O–H groups in total. The van der Waals surface area contributed by atoms with E-state index in [2.05, 4.69) is 16.8 Å². The second-order valence-electron chi connectivity index (χ2n) is 6.10. The number of hydrogen-bond acceptors (Lipinski definition) is 4. The van der Waals surface area contributed by atoms with Crippen molar-refractivity contribution in [1.29, 1.82) is 0 Å². The number of aromatic amines is 1. The van der Waals surface area contributed by atoms with E-state index < -0.39 is 0 Å². The van der Waals surface area contributed by atoms with Gasteiger partial charge in [-0.05, 0) is 42.8 Å². The van der Waals surface area contributed by atoms with Crippen LogP contribution in [0.1, 0.15) is 46.7 Å². The normalized spacial score (nSPS) is 15.8. The van der Waals surface area contributed by atoms with E-state index >= 15 is 0 Å². The molecule has 2 aliphatic rings. The van der Waals surface area contributed by atoms with Crippen molar-refractivity contribution in [3.63, 3.8) is 0 Å². The van der Waals surface area contributed by atoms with Gasteiger partial charge in [-0.2, -0.15) is 5.10 Å². The summed E-state index contributed by atoms with van der Waals surface area (Å²) in [6.07, 6.45) is 7.97. The van der Waals surface area contributed by atoms with Crippen LogP contribution in [0.2, 0.25) is 0 Å². The van der Waals surface area contributed by atoms with Crippen molar-refractivity contribution in [2.75, 3.05) is 6.79 Å². The SMILES string of the molecule is C=CC1=C(/C=C\C)C/C(=C\c2cc(-c3ccc4c(c3)OCO4)n[nH]2)C1=O.CC.CC. The quantitative estimate of drug-likeness (QED) is 0.608. The first-order valence-corrected chi connectivity index (χ1v) is 10.4. The third-order valence-electron chi connectivity index (χ3n) is 4.43. The Morgan fingerprint density at radius 3 is 2.53 bits per heavy atom. The molecule has 4 rings (SSSR count). The number of fused-ring (bicyclic) bond motifs is 1. The molecule has 5 heteroatoms. The molecule has 1 aromatic heterocycles. The molecule has 2 heterocycles. The molecule has 1 aliphatic heterocycles. The molecular formula is C25H30N2O3. The van der Waals surface area contributed by atoms with E-state index in [1.54, 1.807) is 6.08 Å². The van der Waals surface area contributed by atoms with E-state index in [0.717, 1.165) is 33.8 Å². The summed E-state index contributed by atoms with van der Waals surface area (Å²) in [7, 11) is 0. The van der Waals surface area contributed by atoms with Gasteiger partial charge in [-0.1, -0.05) is 52.5 Å². The Bertz CT molecular complexity index is 994. The topological polar surface area (TPSA) is 64.2 Å². The van der Waals surface area contributed by atoms with E-state index in [1.165, 1.54) is 0 Å². The number of Topliss-reactive ketones (excluding diaryl/α,β-unsaturated/α-hetero) is 1. The molecule has 0 fully saturated rings. The molecule has 0 amide bonds. The van der Waals surface area contributed by atoms with E-state index in [1.807, 2.05) is 77.1 Å². The summed E-state index contributed by atoms with van der Waals surface area (Å²) in [4.78, 5) is 12.5. The zero-order valence-electron chi connectivity index (χ0n) is 18.4. The molecule has 0 bridgehead atoms. The van der Waals surface area contributed by atoms with Crippen LogP contribution in [-0.4, -0.2) is 22.8 Å². The summed E-state index contributed by atoms with van der Waals surface area (Å²) in [6.45, 7) is 13.9. The lowest BCUT2D eigenvalue weighted by molar-refractivity contribution is -0.111. The van der Waals surface area contributed by atoms with Gasteiger partial charge in [0.25, 0.3) is 0 Å². The highest BCUT2D eigenvalue weighted by atomic mass is 16.7. The molecule has 30 heavy (non-hydrogen) atoms. The third kappa shape index (κ3) is 4.79. The average molecular weight is 407 g/mol. The van der Waals surface area contributed by atoms with E-state index in [9.17, 15) is 4.79 Å². The Morgan fingerprint density at radius 2 is 1.83 bits per heavy atom. The number of carbonyl (C=O) groups excluding carboxylic acids is 1. The van der Waals surface area contributed by atoms with Gasteiger partial charge in [-0.3, -0.25) is 9.89 Å². The minimum absolute atomic E-state index is 0.0207. The molecule has 158 valence electrons. The highest BCUT2D eigenvalue weighted by Gasteiger charge is 2.24. The maximum absolute atomic E-state index is 12.5. The van der Waals surface area contributed by atoms with Crippen LogP contribution >= 0.6 is 0 Å². The highest BCUT2D eigenvalue weighted by molar-refractivity contribution is 6.16. The van der Waals surface area contributed by atoms with Crippen LogP contribution in [0.25, 0.3) is 17.3 Å². The maximum Gasteiger partial charge on any atom is 0.231 e. The fourth-order valence-corrected chi connectivity index (χ4v) is 3.19. The number of ketones is 1. The first kappa shape index (κ1) is 22.9. The lowest BCUT2D eigenvalue weighted by atomic mass is 10.1. The van der Waals surface area contributed by atoms with Crippen LogP contribution in [-0.2, 0) is 4.79 Å². The van der Waals surface area contributed by atoms with Crippen molar-refractivity contribution >= 4 is 11.9 Å².